The first-order chi connectivity index (χ1) is 18.2. The molecule has 0 spiro atoms. The highest BCUT2D eigenvalue weighted by molar-refractivity contribution is 8.01. The van der Waals surface area contributed by atoms with Gasteiger partial charge in [-0.2, -0.15) is 0 Å². The molecule has 4 rings (SSSR count). The maximum Gasteiger partial charge on any atom is 0.352 e. The topological polar surface area (TPSA) is 194 Å². The summed E-state index contributed by atoms with van der Waals surface area (Å²) in [4.78, 5) is 60.1. The van der Waals surface area contributed by atoms with Crippen molar-refractivity contribution in [2.24, 2.45) is 12.2 Å². The van der Waals surface area contributed by atoms with Crippen LogP contribution in [0.2, 0.25) is 0 Å². The molecule has 0 bridgehead atoms. The number of aromatic nitrogens is 5. The maximum atomic E-state index is 13.1. The SMILES string of the molecule is CCON=C(C(=O)N[C@@H]1C(=O)N2C(C(=O)O)=C(CSc3nnnn3C)CS[C@@H]12)c1csc(NC(=O)CCl)n1. The fraction of sp³-hybridized carbons (Fsp3) is 0.421. The molecule has 0 aromatic carbocycles. The number of carbonyl (C=O) groups excluding carboxylic acids is 3. The lowest BCUT2D eigenvalue weighted by Crippen LogP contribution is -2.71. The number of aryl methyl sites for hydroxylation is 1. The van der Waals surface area contributed by atoms with Crippen LogP contribution in [0.15, 0.2) is 27.0 Å². The number of hydrogen-bond acceptors (Lipinski definition) is 13. The van der Waals surface area contributed by atoms with E-state index < -0.39 is 35.1 Å². The van der Waals surface area contributed by atoms with E-state index in [-0.39, 0.29) is 40.5 Å². The van der Waals surface area contributed by atoms with Crippen LogP contribution in [-0.2, 0) is 31.1 Å². The number of aliphatic carboxylic acids is 1. The molecule has 0 radical (unpaired) electrons. The number of anilines is 1. The van der Waals surface area contributed by atoms with E-state index in [1.54, 1.807) is 14.0 Å². The number of thiazole rings is 1. The van der Waals surface area contributed by atoms with E-state index in [4.69, 9.17) is 16.4 Å². The number of thioether (sulfide) groups is 2. The van der Waals surface area contributed by atoms with Gasteiger partial charge in [-0.3, -0.25) is 19.3 Å². The van der Waals surface area contributed by atoms with Crippen molar-refractivity contribution in [3.8, 4) is 0 Å². The molecule has 38 heavy (non-hydrogen) atoms. The third-order valence-electron chi connectivity index (χ3n) is 5.11. The van der Waals surface area contributed by atoms with Crippen LogP contribution in [0.25, 0.3) is 0 Å². The van der Waals surface area contributed by atoms with Gasteiger partial charge in [0.1, 0.15) is 35.3 Å². The van der Waals surface area contributed by atoms with Gasteiger partial charge in [0.2, 0.25) is 11.1 Å². The van der Waals surface area contributed by atoms with Gasteiger partial charge in [0.25, 0.3) is 11.8 Å². The number of carbonyl (C=O) groups is 4. The van der Waals surface area contributed by atoms with Gasteiger partial charge in [0, 0.05) is 23.9 Å². The Bertz CT molecular complexity index is 1330. The van der Waals surface area contributed by atoms with E-state index >= 15 is 0 Å². The van der Waals surface area contributed by atoms with Crippen molar-refractivity contribution < 1.29 is 29.1 Å². The summed E-state index contributed by atoms with van der Waals surface area (Å²) in [5.74, 6) is -2.69. The van der Waals surface area contributed by atoms with Crippen LogP contribution in [-0.4, -0.2) is 100 Å². The van der Waals surface area contributed by atoms with Gasteiger partial charge in [-0.05, 0) is 22.9 Å². The molecular weight excluding hydrogens is 582 g/mol. The Morgan fingerprint density at radius 3 is 2.84 bits per heavy atom. The van der Waals surface area contributed by atoms with Gasteiger partial charge in [0.05, 0.1) is 0 Å². The standard InChI is InChI=1S/C19H20ClN9O6S3/c1-3-35-25-11(9-7-37-18(21-9)22-10(30)4-20)14(31)23-12-15(32)29-13(17(33)34)8(5-36-16(12)29)6-38-19-24-26-27-28(19)2/h7,12,16H,3-6H2,1-2H3,(H,23,31)(H,33,34)(H,21,22,30)/t12-,16+/m1/s1. The van der Waals surface area contributed by atoms with Crippen molar-refractivity contribution in [1.82, 2.24) is 35.4 Å². The number of oxime groups is 1. The number of tetrazole rings is 1. The van der Waals surface area contributed by atoms with Crippen molar-refractivity contribution >= 4 is 81.0 Å². The average Bonchev–Trinajstić information content (AvgIpc) is 3.53. The molecule has 2 aliphatic heterocycles. The van der Waals surface area contributed by atoms with Gasteiger partial charge < -0.3 is 20.6 Å². The third-order valence-corrected chi connectivity index (χ3v) is 8.54. The van der Waals surface area contributed by atoms with E-state index in [2.05, 4.69) is 36.3 Å². The zero-order valence-corrected chi connectivity index (χ0v) is 23.0. The molecule has 2 aromatic rings. The van der Waals surface area contributed by atoms with Gasteiger partial charge in [-0.1, -0.05) is 16.9 Å². The maximum absolute atomic E-state index is 13.1. The van der Waals surface area contributed by atoms with Crippen LogP contribution in [0.5, 0.6) is 0 Å². The molecule has 3 amide bonds. The van der Waals surface area contributed by atoms with Crippen LogP contribution in [0.3, 0.4) is 0 Å². The second-order valence-corrected chi connectivity index (χ2v) is 10.7. The Labute approximate surface area is 232 Å². The Balaban J connectivity index is 1.48. The summed E-state index contributed by atoms with van der Waals surface area (Å²) in [6.45, 7) is 1.85. The highest BCUT2D eigenvalue weighted by atomic mass is 35.5. The number of rotatable bonds is 11. The van der Waals surface area contributed by atoms with Crippen LogP contribution in [0, 0.1) is 0 Å². The molecule has 19 heteroatoms. The lowest BCUT2D eigenvalue weighted by atomic mass is 10.0. The Morgan fingerprint density at radius 2 is 2.18 bits per heavy atom. The van der Waals surface area contributed by atoms with E-state index in [1.165, 1.54) is 38.5 Å². The van der Waals surface area contributed by atoms with E-state index in [9.17, 15) is 24.3 Å². The Morgan fingerprint density at radius 1 is 1.39 bits per heavy atom. The molecule has 1 fully saturated rings. The van der Waals surface area contributed by atoms with Crippen molar-refractivity contribution in [3.05, 3.63) is 22.3 Å². The van der Waals surface area contributed by atoms with Crippen molar-refractivity contribution in [1.29, 1.82) is 0 Å². The quantitative estimate of drug-likeness (QED) is 0.104. The van der Waals surface area contributed by atoms with Crippen LogP contribution < -0.4 is 10.6 Å². The zero-order chi connectivity index (χ0) is 27.4. The summed E-state index contributed by atoms with van der Waals surface area (Å²) >= 11 is 9.13. The minimum absolute atomic E-state index is 0.116. The van der Waals surface area contributed by atoms with Crippen LogP contribution in [0.4, 0.5) is 5.13 Å². The van der Waals surface area contributed by atoms with Gasteiger partial charge in [0.15, 0.2) is 10.8 Å². The monoisotopic (exact) mass is 601 g/mol. The van der Waals surface area contributed by atoms with Crippen LogP contribution in [0.1, 0.15) is 12.6 Å². The number of hydrogen-bond donors (Lipinski definition) is 3. The molecule has 202 valence electrons. The van der Waals surface area contributed by atoms with E-state index in [0.29, 0.717) is 16.5 Å². The number of nitrogens with one attached hydrogen (secondary N) is 2. The number of fused-ring (bicyclic) bond motifs is 1. The predicted octanol–water partition coefficient (Wildman–Crippen LogP) is 0.115. The molecule has 2 atom stereocenters. The van der Waals surface area contributed by atoms with Crippen molar-refractivity contribution in [2.45, 2.75) is 23.5 Å². The molecule has 1 saturated heterocycles. The average molecular weight is 602 g/mol. The van der Waals surface area contributed by atoms with Crippen molar-refractivity contribution in [2.75, 3.05) is 29.3 Å². The number of carboxylic acid groups (broad SMARTS) is 1. The zero-order valence-electron chi connectivity index (χ0n) is 19.8. The molecule has 0 unspecified atom stereocenters. The molecule has 2 aliphatic rings. The third kappa shape index (κ3) is 5.77. The van der Waals surface area contributed by atoms with Gasteiger partial charge in [-0.25, -0.2) is 14.5 Å². The largest absolute Gasteiger partial charge is 0.477 e. The molecule has 3 N–H and O–H groups in total. The lowest BCUT2D eigenvalue weighted by Gasteiger charge is -2.49. The predicted molar refractivity (Wildman–Crippen MR) is 139 cm³/mol. The summed E-state index contributed by atoms with van der Waals surface area (Å²) in [5.41, 5.74) is 0.339. The smallest absolute Gasteiger partial charge is 0.352 e. The molecular formula is C19H20ClN9O6S3. The normalized spacial score (nSPS) is 19.1. The van der Waals surface area contributed by atoms with Gasteiger partial charge >= 0.3 is 5.97 Å². The molecule has 4 heterocycles. The number of amides is 3. The Hall–Kier alpha value is -3.22. The van der Waals surface area contributed by atoms with E-state index in [1.807, 2.05) is 0 Å². The molecule has 0 aliphatic carbocycles. The summed E-state index contributed by atoms with van der Waals surface area (Å²) < 4.78 is 1.46. The first-order valence-corrected chi connectivity index (χ1v) is 14.3. The minimum Gasteiger partial charge on any atom is -0.477 e. The van der Waals surface area contributed by atoms with Gasteiger partial charge in [-0.15, -0.1) is 39.8 Å². The second-order valence-electron chi connectivity index (χ2n) is 7.57. The summed E-state index contributed by atoms with van der Waals surface area (Å²) in [7, 11) is 1.66. The number of carboxylic acids is 1. The first kappa shape index (κ1) is 27.8. The Kier molecular flexibility index (Phi) is 8.85. The van der Waals surface area contributed by atoms with Crippen LogP contribution >= 0.6 is 46.5 Å². The summed E-state index contributed by atoms with van der Waals surface area (Å²) in [6, 6.07) is -0.986. The number of halogens is 1. The number of alkyl halides is 1. The number of β-lactam (4-membered cyclic amide) rings is 1. The highest BCUT2D eigenvalue weighted by Crippen LogP contribution is 2.41. The molecule has 0 saturated carbocycles. The minimum atomic E-state index is -1.24. The number of nitrogens with zero attached hydrogens (tertiary/aromatic N) is 7. The summed E-state index contributed by atoms with van der Waals surface area (Å²) in [5, 5.41) is 31.5. The molecule has 15 nitrogen and oxygen atoms in total. The van der Waals surface area contributed by atoms with Crippen molar-refractivity contribution in [3.63, 3.8) is 0 Å². The summed E-state index contributed by atoms with van der Waals surface area (Å²) in [6.07, 6.45) is 0. The van der Waals surface area contributed by atoms with E-state index in [0.717, 1.165) is 11.3 Å². The fourth-order valence-corrected chi connectivity index (χ4v) is 6.54. The molecule has 2 aromatic heterocycles. The highest BCUT2D eigenvalue weighted by Gasteiger charge is 2.54. The second kappa shape index (κ2) is 12.1. The fourth-order valence-electron chi connectivity index (χ4n) is 3.43. The first-order valence-electron chi connectivity index (χ1n) is 10.8. The lowest BCUT2D eigenvalue weighted by molar-refractivity contribution is -0.150.